The van der Waals surface area contributed by atoms with Crippen molar-refractivity contribution in [1.82, 2.24) is 9.80 Å². The van der Waals surface area contributed by atoms with E-state index >= 15 is 0 Å². The molecule has 0 spiro atoms. The summed E-state index contributed by atoms with van der Waals surface area (Å²) in [6, 6.07) is -1.49. The van der Waals surface area contributed by atoms with Crippen molar-refractivity contribution in [3.63, 3.8) is 0 Å². The van der Waals surface area contributed by atoms with Crippen molar-refractivity contribution in [3.8, 4) is 0 Å². The predicted octanol–water partition coefficient (Wildman–Crippen LogP) is 8.68. The van der Waals surface area contributed by atoms with E-state index in [1.54, 1.807) is 4.90 Å². The Balaban J connectivity index is 0.000000276. The first-order valence-electron chi connectivity index (χ1n) is 26.4. The summed E-state index contributed by atoms with van der Waals surface area (Å²) >= 11 is 0. The van der Waals surface area contributed by atoms with E-state index in [-0.39, 0.29) is 107 Å². The summed E-state index contributed by atoms with van der Waals surface area (Å²) < 4.78 is 0. The molecule has 2 amide bonds. The van der Waals surface area contributed by atoms with Crippen molar-refractivity contribution < 1.29 is 48.3 Å². The number of piperidine rings is 2. The third kappa shape index (κ3) is 14.2. The Labute approximate surface area is 401 Å². The maximum atomic E-state index is 13.6. The van der Waals surface area contributed by atoms with Gasteiger partial charge in [-0.25, -0.2) is 0 Å². The standard InChI is InChI=1S/C27H43NO4.C26H42N2O4.CH2O2/c1-5-13-21(29)25(31)19-15-12-10-8-6-7-9-11-14-18(2)26(32)28-17-20-23(27(20,3)4)24(28)22(30)16-19;1-4-12-20(29)24(31)17-13-10-8-6-5-7-9-11-14-19(27)25(32)28-16-18-22(26(18,2)3)23(28)21(30)15-17;2-1-3/h18-20,23-24H,5-17H2,1-4H3;17-19,22-23H,4-16,27H2,1-3H3;1H,(H,2,3)/t18-,19+,20-,23-,24+;17-,18+,19+,22+,23-;/m01./s1. The highest BCUT2D eigenvalue weighted by atomic mass is 16.3. The summed E-state index contributed by atoms with van der Waals surface area (Å²) in [5.41, 5.74) is 6.36. The highest BCUT2D eigenvalue weighted by Gasteiger charge is 2.70. The van der Waals surface area contributed by atoms with Crippen molar-refractivity contribution in [2.45, 2.75) is 221 Å². The fraction of sp³-hybridized carbons (Fsp3) is 0.833. The van der Waals surface area contributed by atoms with Crippen LogP contribution in [0.25, 0.3) is 0 Å². The average molecular weight is 938 g/mol. The molecule has 6 fully saturated rings. The average Bonchev–Trinajstić information content (AvgIpc) is 3.73. The number of nitrogens with zero attached hydrogens (tertiary/aromatic N) is 2. The van der Waals surface area contributed by atoms with Gasteiger partial charge < -0.3 is 20.6 Å². The van der Waals surface area contributed by atoms with E-state index in [0.717, 1.165) is 83.5 Å². The van der Waals surface area contributed by atoms with Crippen LogP contribution in [0.4, 0.5) is 0 Å². The van der Waals surface area contributed by atoms with Gasteiger partial charge in [0.1, 0.15) is 0 Å². The molecular weight excluding hydrogens is 851 g/mol. The molecule has 2 saturated carbocycles. The second kappa shape index (κ2) is 25.8. The second-order valence-corrected chi connectivity index (χ2v) is 22.3. The van der Waals surface area contributed by atoms with Crippen molar-refractivity contribution in [2.75, 3.05) is 13.1 Å². The zero-order valence-electron chi connectivity index (χ0n) is 42.3. The van der Waals surface area contributed by atoms with Gasteiger partial charge in [0, 0.05) is 56.5 Å². The van der Waals surface area contributed by atoms with Crippen LogP contribution in [0.3, 0.4) is 0 Å². The Morgan fingerprint density at radius 2 is 0.910 bits per heavy atom. The van der Waals surface area contributed by atoms with Crippen LogP contribution in [0.15, 0.2) is 0 Å². The van der Waals surface area contributed by atoms with Gasteiger partial charge in [-0.2, -0.15) is 0 Å². The minimum Gasteiger partial charge on any atom is -0.483 e. The SMILES string of the molecule is CCCC(=O)C(=O)[C@@H]1CCCCCCCCC[C@H](C)C(=O)N2C[C@H]3[C@@H]([C@H]2C(=O)C1)C3(C)C.CCCC(=O)C(=O)[C@@H]1CCCCCCCCC[C@H](N)C(=O)N2C[C@H]3[C@@H]([C@H]2C(=O)C1)C3(C)C.O=CO. The van der Waals surface area contributed by atoms with E-state index in [4.69, 9.17) is 15.6 Å². The van der Waals surface area contributed by atoms with Gasteiger partial charge in [0.05, 0.1) is 18.1 Å². The lowest BCUT2D eigenvalue weighted by atomic mass is 9.85. The summed E-state index contributed by atoms with van der Waals surface area (Å²) in [4.78, 5) is 116. The molecule has 6 rings (SSSR count). The van der Waals surface area contributed by atoms with Crippen LogP contribution < -0.4 is 5.73 Å². The number of carbonyl (C=O) groups excluding carboxylic acids is 8. The van der Waals surface area contributed by atoms with Gasteiger partial charge in [-0.3, -0.25) is 43.2 Å². The molecule has 10 atom stereocenters. The molecule has 2 aliphatic carbocycles. The minimum atomic E-state index is -0.567. The van der Waals surface area contributed by atoms with Gasteiger partial charge in [0.15, 0.2) is 23.1 Å². The molecule has 4 aliphatic heterocycles. The Hall–Kier alpha value is -3.61. The number of fused-ring (bicyclic) bond motifs is 6. The minimum absolute atomic E-state index is 0.00151. The fourth-order valence-electron chi connectivity index (χ4n) is 12.4. The molecule has 0 aromatic rings. The van der Waals surface area contributed by atoms with E-state index in [0.29, 0.717) is 57.0 Å². The number of Topliss-reactive ketones (excluding diaryl/α,β-unsaturated/α-hetero) is 6. The van der Waals surface area contributed by atoms with Crippen molar-refractivity contribution >= 4 is 53.0 Å². The fourth-order valence-corrected chi connectivity index (χ4v) is 12.4. The molecule has 3 N–H and O–H groups in total. The molecule has 67 heavy (non-hydrogen) atoms. The molecule has 13 heteroatoms. The Kier molecular flexibility index (Phi) is 21.6. The maximum absolute atomic E-state index is 13.6. The van der Waals surface area contributed by atoms with E-state index in [9.17, 15) is 38.4 Å². The molecular formula is C54H87N3O10. The van der Waals surface area contributed by atoms with Crippen LogP contribution in [0.5, 0.6) is 0 Å². The Morgan fingerprint density at radius 3 is 1.28 bits per heavy atom. The number of carboxylic acid groups (broad SMARTS) is 1. The lowest BCUT2D eigenvalue weighted by Crippen LogP contribution is -2.52. The number of rotatable bonds is 8. The van der Waals surface area contributed by atoms with Crippen LogP contribution in [0.1, 0.15) is 203 Å². The first-order valence-corrected chi connectivity index (χ1v) is 26.4. The molecule has 0 bridgehead atoms. The van der Waals surface area contributed by atoms with Crippen LogP contribution >= 0.6 is 0 Å². The normalized spacial score (nSPS) is 32.7. The summed E-state index contributed by atoms with van der Waals surface area (Å²) in [5, 5.41) is 6.89. The largest absolute Gasteiger partial charge is 0.483 e. The first-order chi connectivity index (χ1) is 31.8. The molecule has 378 valence electrons. The van der Waals surface area contributed by atoms with Gasteiger partial charge in [0.2, 0.25) is 23.4 Å². The van der Waals surface area contributed by atoms with Gasteiger partial charge >= 0.3 is 0 Å². The van der Waals surface area contributed by atoms with Crippen LogP contribution in [-0.4, -0.2) is 99.1 Å². The predicted molar refractivity (Wildman–Crippen MR) is 258 cm³/mol. The summed E-state index contributed by atoms with van der Waals surface area (Å²) in [6.45, 7) is 15.5. The van der Waals surface area contributed by atoms with Crippen molar-refractivity contribution in [3.05, 3.63) is 0 Å². The lowest BCUT2D eigenvalue weighted by Gasteiger charge is -2.32. The van der Waals surface area contributed by atoms with Gasteiger partial charge in [-0.15, -0.1) is 0 Å². The molecule has 0 aromatic carbocycles. The highest BCUT2D eigenvalue weighted by Crippen LogP contribution is 2.66. The topological polar surface area (TPSA) is 206 Å². The summed E-state index contributed by atoms with van der Waals surface area (Å²) in [5.74, 6) is -1.67. The number of hydrogen-bond acceptors (Lipinski definition) is 10. The molecule has 0 radical (unpaired) electrons. The zero-order chi connectivity index (χ0) is 49.6. The summed E-state index contributed by atoms with van der Waals surface area (Å²) in [7, 11) is 0. The van der Waals surface area contributed by atoms with Gasteiger partial charge in [0.25, 0.3) is 6.47 Å². The number of ketones is 6. The van der Waals surface area contributed by atoms with Crippen LogP contribution in [0, 0.1) is 52.3 Å². The monoisotopic (exact) mass is 938 g/mol. The summed E-state index contributed by atoms with van der Waals surface area (Å²) in [6.07, 6.45) is 19.5. The first kappa shape index (κ1) is 56.0. The molecule has 0 unspecified atom stereocenters. The number of carbonyl (C=O) groups is 9. The van der Waals surface area contributed by atoms with Crippen LogP contribution in [-0.2, 0) is 43.2 Å². The molecule has 4 saturated heterocycles. The Morgan fingerprint density at radius 1 is 0.582 bits per heavy atom. The third-order valence-corrected chi connectivity index (χ3v) is 16.8. The number of hydrogen-bond donors (Lipinski definition) is 2. The quantitative estimate of drug-likeness (QED) is 0.174. The van der Waals surface area contributed by atoms with Crippen molar-refractivity contribution in [2.24, 2.45) is 58.0 Å². The highest BCUT2D eigenvalue weighted by molar-refractivity contribution is 6.38. The van der Waals surface area contributed by atoms with Crippen LogP contribution in [0.2, 0.25) is 0 Å². The Bertz CT molecular complexity index is 1640. The molecule has 13 nitrogen and oxygen atoms in total. The second-order valence-electron chi connectivity index (χ2n) is 22.3. The van der Waals surface area contributed by atoms with E-state index in [1.165, 1.54) is 12.8 Å². The van der Waals surface area contributed by atoms with E-state index in [2.05, 4.69) is 27.7 Å². The number of amides is 2. The molecule has 6 aliphatic rings. The molecule has 0 aromatic heterocycles. The van der Waals surface area contributed by atoms with Gasteiger partial charge in [-0.05, 0) is 73.0 Å². The maximum Gasteiger partial charge on any atom is 0.290 e. The van der Waals surface area contributed by atoms with Gasteiger partial charge in [-0.1, -0.05) is 138 Å². The van der Waals surface area contributed by atoms with Crippen molar-refractivity contribution in [1.29, 1.82) is 0 Å². The zero-order valence-corrected chi connectivity index (χ0v) is 42.3. The third-order valence-electron chi connectivity index (χ3n) is 16.8. The van der Waals surface area contributed by atoms with E-state index < -0.39 is 30.0 Å². The molecule has 4 heterocycles. The lowest BCUT2D eigenvalue weighted by molar-refractivity contribution is -0.144. The van der Waals surface area contributed by atoms with E-state index in [1.807, 2.05) is 25.7 Å². The number of nitrogens with two attached hydrogens (primary N) is 1. The smallest absolute Gasteiger partial charge is 0.290 e.